The molecule has 1 spiro atoms. The van der Waals surface area contributed by atoms with Crippen molar-refractivity contribution in [2.75, 3.05) is 6.54 Å². The Morgan fingerprint density at radius 3 is 2.48 bits per heavy atom. The van der Waals surface area contributed by atoms with E-state index in [4.69, 9.17) is 0 Å². The van der Waals surface area contributed by atoms with Crippen LogP contribution in [-0.4, -0.2) is 45.5 Å². The highest BCUT2D eigenvalue weighted by Crippen LogP contribution is 2.33. The summed E-state index contributed by atoms with van der Waals surface area (Å²) in [6.45, 7) is 4.51. The number of carbonyl (C=O) groups excluding carboxylic acids is 4. The van der Waals surface area contributed by atoms with Gasteiger partial charge in [0.05, 0.1) is 12.2 Å². The standard InChI is InChI=1S/C22H23N3O4/c1-12-18(14(3)26)13(2)23-19(12)17(27)11-25-20(28)22(24-21(25)29)9-8-15-6-4-5-7-16(15)10-22/h4-7,23H,8-11H2,1-3H3,(H,24,29). The van der Waals surface area contributed by atoms with Gasteiger partial charge >= 0.3 is 6.03 Å². The van der Waals surface area contributed by atoms with Crippen molar-refractivity contribution in [2.24, 2.45) is 0 Å². The lowest BCUT2D eigenvalue weighted by molar-refractivity contribution is -0.131. The molecule has 3 amide bonds. The van der Waals surface area contributed by atoms with E-state index in [1.54, 1.807) is 13.8 Å². The molecule has 1 aliphatic carbocycles. The van der Waals surface area contributed by atoms with Gasteiger partial charge in [-0.05, 0) is 50.3 Å². The maximum atomic E-state index is 13.2. The molecule has 7 nitrogen and oxygen atoms in total. The van der Waals surface area contributed by atoms with Crippen molar-refractivity contribution in [3.05, 3.63) is 57.9 Å². The molecule has 1 aromatic heterocycles. The van der Waals surface area contributed by atoms with Crippen molar-refractivity contribution in [1.29, 1.82) is 0 Å². The number of hydrogen-bond donors (Lipinski definition) is 2. The van der Waals surface area contributed by atoms with E-state index in [0.717, 1.165) is 10.5 Å². The molecule has 2 N–H and O–H groups in total. The second-order valence-corrected chi connectivity index (χ2v) is 7.95. The molecule has 2 aliphatic rings. The number of benzene rings is 1. The van der Waals surface area contributed by atoms with Crippen LogP contribution in [0.5, 0.6) is 0 Å². The second kappa shape index (κ2) is 6.69. The molecule has 1 saturated heterocycles. The van der Waals surface area contributed by atoms with Crippen LogP contribution >= 0.6 is 0 Å². The molecule has 0 bridgehead atoms. The van der Waals surface area contributed by atoms with Gasteiger partial charge in [-0.2, -0.15) is 0 Å². The average molecular weight is 393 g/mol. The van der Waals surface area contributed by atoms with Crippen molar-refractivity contribution >= 4 is 23.5 Å². The molecule has 2 heterocycles. The van der Waals surface area contributed by atoms with E-state index in [9.17, 15) is 19.2 Å². The largest absolute Gasteiger partial charge is 0.355 e. The third kappa shape index (κ3) is 2.97. The van der Waals surface area contributed by atoms with Gasteiger partial charge in [0.1, 0.15) is 5.54 Å². The molecular formula is C22H23N3O4. The lowest BCUT2D eigenvalue weighted by Crippen LogP contribution is -2.51. The summed E-state index contributed by atoms with van der Waals surface area (Å²) in [5, 5.41) is 2.84. The van der Waals surface area contributed by atoms with Gasteiger partial charge in [0, 0.05) is 17.7 Å². The molecule has 4 rings (SSSR count). The first kappa shape index (κ1) is 19.1. The number of nitrogens with zero attached hydrogens (tertiary/aromatic N) is 1. The summed E-state index contributed by atoms with van der Waals surface area (Å²) in [6.07, 6.45) is 1.63. The SMILES string of the molecule is CC(=O)c1c(C)[nH]c(C(=O)CN2C(=O)NC3(CCc4ccccc4C3)C2=O)c1C. The van der Waals surface area contributed by atoms with Gasteiger partial charge in [0.25, 0.3) is 5.91 Å². The first-order chi connectivity index (χ1) is 13.7. The van der Waals surface area contributed by atoms with Crippen LogP contribution in [0.25, 0.3) is 0 Å². The topological polar surface area (TPSA) is 99.3 Å². The number of amides is 3. The molecule has 1 aromatic carbocycles. The molecule has 1 fully saturated rings. The molecule has 1 atom stereocenters. The molecule has 0 saturated carbocycles. The minimum atomic E-state index is -0.989. The van der Waals surface area contributed by atoms with E-state index in [1.165, 1.54) is 12.5 Å². The number of ketones is 2. The molecule has 29 heavy (non-hydrogen) atoms. The number of fused-ring (bicyclic) bond motifs is 1. The second-order valence-electron chi connectivity index (χ2n) is 7.95. The summed E-state index contributed by atoms with van der Waals surface area (Å²) in [7, 11) is 0. The zero-order valence-corrected chi connectivity index (χ0v) is 16.7. The van der Waals surface area contributed by atoms with Crippen LogP contribution in [0.15, 0.2) is 24.3 Å². The number of H-pyrrole nitrogens is 1. The third-order valence-corrected chi connectivity index (χ3v) is 6.05. The highest BCUT2D eigenvalue weighted by atomic mass is 16.2. The summed E-state index contributed by atoms with van der Waals surface area (Å²) < 4.78 is 0. The number of imide groups is 1. The normalized spacial score (nSPS) is 20.7. The predicted molar refractivity (Wildman–Crippen MR) is 106 cm³/mol. The predicted octanol–water partition coefficient (Wildman–Crippen LogP) is 2.50. The van der Waals surface area contributed by atoms with Gasteiger partial charge in [0.15, 0.2) is 11.6 Å². The Balaban J connectivity index is 1.57. The zero-order chi connectivity index (χ0) is 20.9. The monoisotopic (exact) mass is 393 g/mol. The van der Waals surface area contributed by atoms with Crippen LogP contribution in [0.3, 0.4) is 0 Å². The number of aromatic amines is 1. The highest BCUT2D eigenvalue weighted by Gasteiger charge is 2.52. The average Bonchev–Trinajstić information content (AvgIpc) is 3.09. The molecule has 0 radical (unpaired) electrons. The lowest BCUT2D eigenvalue weighted by Gasteiger charge is -2.32. The van der Waals surface area contributed by atoms with E-state index in [-0.39, 0.29) is 23.9 Å². The maximum absolute atomic E-state index is 13.2. The Labute approximate surface area is 168 Å². The molecule has 1 unspecified atom stereocenters. The van der Waals surface area contributed by atoms with E-state index >= 15 is 0 Å². The van der Waals surface area contributed by atoms with Crippen LogP contribution < -0.4 is 5.32 Å². The summed E-state index contributed by atoms with van der Waals surface area (Å²) in [4.78, 5) is 54.3. The summed E-state index contributed by atoms with van der Waals surface area (Å²) in [5.41, 5.74) is 3.14. The minimum absolute atomic E-state index is 0.134. The first-order valence-electron chi connectivity index (χ1n) is 9.68. The van der Waals surface area contributed by atoms with Gasteiger partial charge in [0.2, 0.25) is 0 Å². The molecule has 7 heteroatoms. The number of Topliss-reactive ketones (excluding diaryl/α,β-unsaturated/α-hetero) is 2. The van der Waals surface area contributed by atoms with E-state index in [2.05, 4.69) is 10.3 Å². The molecule has 2 aromatic rings. The number of aromatic nitrogens is 1. The van der Waals surface area contributed by atoms with Gasteiger partial charge in [-0.15, -0.1) is 0 Å². The van der Waals surface area contributed by atoms with Crippen molar-refractivity contribution < 1.29 is 19.2 Å². The van der Waals surface area contributed by atoms with Crippen molar-refractivity contribution in [1.82, 2.24) is 15.2 Å². The fraction of sp³-hybridized carbons (Fsp3) is 0.364. The van der Waals surface area contributed by atoms with E-state index in [0.29, 0.717) is 36.1 Å². The van der Waals surface area contributed by atoms with Crippen LogP contribution in [0.4, 0.5) is 4.79 Å². The van der Waals surface area contributed by atoms with Crippen LogP contribution in [-0.2, 0) is 17.6 Å². The van der Waals surface area contributed by atoms with Crippen LogP contribution in [0.1, 0.15) is 56.6 Å². The van der Waals surface area contributed by atoms with Gasteiger partial charge < -0.3 is 10.3 Å². The third-order valence-electron chi connectivity index (χ3n) is 6.05. The van der Waals surface area contributed by atoms with Crippen LogP contribution in [0.2, 0.25) is 0 Å². The first-order valence-corrected chi connectivity index (χ1v) is 9.68. The number of nitrogens with one attached hydrogen (secondary N) is 2. The maximum Gasteiger partial charge on any atom is 0.325 e. The fourth-order valence-electron chi connectivity index (χ4n) is 4.62. The van der Waals surface area contributed by atoms with Gasteiger partial charge in [-0.25, -0.2) is 4.79 Å². The van der Waals surface area contributed by atoms with Crippen molar-refractivity contribution in [3.8, 4) is 0 Å². The molecular weight excluding hydrogens is 370 g/mol. The number of hydrogen-bond acceptors (Lipinski definition) is 4. The number of aryl methyl sites for hydroxylation is 2. The van der Waals surface area contributed by atoms with Crippen molar-refractivity contribution in [3.63, 3.8) is 0 Å². The quantitative estimate of drug-likeness (QED) is 0.616. The summed E-state index contributed by atoms with van der Waals surface area (Å²) in [5.74, 6) is -0.891. The Morgan fingerprint density at radius 1 is 1.14 bits per heavy atom. The summed E-state index contributed by atoms with van der Waals surface area (Å²) >= 11 is 0. The number of carbonyl (C=O) groups is 4. The molecule has 150 valence electrons. The highest BCUT2D eigenvalue weighted by molar-refractivity contribution is 6.12. The zero-order valence-electron chi connectivity index (χ0n) is 16.7. The Morgan fingerprint density at radius 2 is 1.83 bits per heavy atom. The Hall–Kier alpha value is -3.22. The van der Waals surface area contributed by atoms with E-state index < -0.39 is 17.4 Å². The van der Waals surface area contributed by atoms with Crippen LogP contribution in [0, 0.1) is 13.8 Å². The molecule has 1 aliphatic heterocycles. The van der Waals surface area contributed by atoms with E-state index in [1.807, 2.05) is 24.3 Å². The number of urea groups is 1. The van der Waals surface area contributed by atoms with Gasteiger partial charge in [-0.3, -0.25) is 19.3 Å². The van der Waals surface area contributed by atoms with Crippen molar-refractivity contribution in [2.45, 2.75) is 45.6 Å². The number of rotatable bonds is 4. The summed E-state index contributed by atoms with van der Waals surface area (Å²) in [6, 6.07) is 7.34. The minimum Gasteiger partial charge on any atom is -0.355 e. The lowest BCUT2D eigenvalue weighted by atomic mass is 9.78. The Kier molecular flexibility index (Phi) is 4.41. The van der Waals surface area contributed by atoms with Gasteiger partial charge in [-0.1, -0.05) is 24.3 Å². The fourth-order valence-corrected chi connectivity index (χ4v) is 4.62. The smallest absolute Gasteiger partial charge is 0.325 e. The Bertz CT molecular complexity index is 1070.